The quantitative estimate of drug-likeness (QED) is 0.318. The van der Waals surface area contributed by atoms with E-state index in [4.69, 9.17) is 10.9 Å². The van der Waals surface area contributed by atoms with Gasteiger partial charge in [-0.15, -0.1) is 0 Å². The van der Waals surface area contributed by atoms with Crippen molar-refractivity contribution in [3.8, 4) is 0 Å². The molecule has 0 aromatic carbocycles. The van der Waals surface area contributed by atoms with Gasteiger partial charge in [-0.25, -0.2) is 0 Å². The molecule has 1 rings (SSSR count). The van der Waals surface area contributed by atoms with Gasteiger partial charge in [-0.2, -0.15) is 18.3 Å². The maximum Gasteiger partial charge on any atom is 0.397 e. The first-order chi connectivity index (χ1) is 8.24. The molecule has 100 valence electrons. The molecule has 18 heavy (non-hydrogen) atoms. The van der Waals surface area contributed by atoms with Gasteiger partial charge in [0.05, 0.1) is 11.8 Å². The number of nitrogens with two attached hydrogens (primary N) is 1. The Bertz CT molecular complexity index is 480. The van der Waals surface area contributed by atoms with Crippen LogP contribution in [0.5, 0.6) is 0 Å². The molecule has 1 aromatic rings. The number of carbonyl (C=O) groups excluding carboxylic acids is 1. The summed E-state index contributed by atoms with van der Waals surface area (Å²) in [5.74, 6) is -1.72. The Morgan fingerprint density at radius 3 is 2.78 bits per heavy atom. The fourth-order valence-corrected chi connectivity index (χ4v) is 1.19. The highest BCUT2D eigenvalue weighted by molar-refractivity contribution is 6.04. The van der Waals surface area contributed by atoms with E-state index in [1.807, 2.05) is 5.32 Å². The van der Waals surface area contributed by atoms with Crippen LogP contribution in [-0.2, 0) is 11.8 Å². The van der Waals surface area contributed by atoms with Gasteiger partial charge in [0.1, 0.15) is 12.2 Å². The van der Waals surface area contributed by atoms with Gasteiger partial charge in [0.15, 0.2) is 5.84 Å². The number of hydrogen-bond acceptors (Lipinski definition) is 4. The predicted octanol–water partition coefficient (Wildman–Crippen LogP) is 0.405. The van der Waals surface area contributed by atoms with E-state index in [0.29, 0.717) is 0 Å². The van der Waals surface area contributed by atoms with Crippen molar-refractivity contribution in [2.24, 2.45) is 17.9 Å². The lowest BCUT2D eigenvalue weighted by Gasteiger charge is -2.09. The lowest BCUT2D eigenvalue weighted by Crippen LogP contribution is -2.24. The van der Waals surface area contributed by atoms with Crippen LogP contribution in [0.25, 0.3) is 0 Å². The first-order valence-electron chi connectivity index (χ1n) is 4.61. The average Bonchev–Trinajstić information content (AvgIpc) is 2.57. The van der Waals surface area contributed by atoms with Crippen molar-refractivity contribution in [2.45, 2.75) is 12.6 Å². The Morgan fingerprint density at radius 1 is 1.67 bits per heavy atom. The summed E-state index contributed by atoms with van der Waals surface area (Å²) < 4.78 is 37.1. The van der Waals surface area contributed by atoms with Gasteiger partial charge in [-0.05, 0) is 0 Å². The number of rotatable bonds is 3. The molecule has 0 unspecified atom stereocenters. The number of anilines is 1. The minimum absolute atomic E-state index is 0.0236. The summed E-state index contributed by atoms with van der Waals surface area (Å²) in [4.78, 5) is 11.1. The van der Waals surface area contributed by atoms with Gasteiger partial charge in [0.2, 0.25) is 5.91 Å². The Labute approximate surface area is 99.1 Å². The molecular formula is C8H10F3N5O2. The first-order valence-corrected chi connectivity index (χ1v) is 4.61. The number of alkyl halides is 3. The van der Waals surface area contributed by atoms with Crippen molar-refractivity contribution >= 4 is 17.6 Å². The van der Waals surface area contributed by atoms with Crippen LogP contribution in [0.3, 0.4) is 0 Å². The number of amidine groups is 1. The smallest absolute Gasteiger partial charge is 0.397 e. The topological polar surface area (TPSA) is 106 Å². The van der Waals surface area contributed by atoms with Crippen molar-refractivity contribution in [3.05, 3.63) is 11.8 Å². The van der Waals surface area contributed by atoms with Gasteiger partial charge in [-0.1, -0.05) is 5.16 Å². The number of oxime groups is 1. The van der Waals surface area contributed by atoms with E-state index in [9.17, 15) is 18.0 Å². The molecule has 0 bridgehead atoms. The van der Waals surface area contributed by atoms with Gasteiger partial charge < -0.3 is 16.3 Å². The SMILES string of the molecule is Cn1ncc(/C(N)=N\O)c1NC(=O)CC(F)(F)F. The summed E-state index contributed by atoms with van der Waals surface area (Å²) in [5.41, 5.74) is 5.31. The number of nitrogens with one attached hydrogen (secondary N) is 1. The van der Waals surface area contributed by atoms with E-state index in [1.165, 1.54) is 7.05 Å². The van der Waals surface area contributed by atoms with Gasteiger partial charge in [0.25, 0.3) is 0 Å². The Balaban J connectivity index is 2.91. The maximum atomic E-state index is 12.0. The minimum Gasteiger partial charge on any atom is -0.409 e. The summed E-state index contributed by atoms with van der Waals surface area (Å²) in [5, 5.41) is 16.8. The predicted molar refractivity (Wildman–Crippen MR) is 55.0 cm³/mol. The monoisotopic (exact) mass is 265 g/mol. The molecule has 0 spiro atoms. The molecule has 0 aliphatic heterocycles. The van der Waals surface area contributed by atoms with E-state index < -0.39 is 18.5 Å². The van der Waals surface area contributed by atoms with Crippen molar-refractivity contribution in [1.29, 1.82) is 0 Å². The zero-order valence-corrected chi connectivity index (χ0v) is 9.19. The van der Waals surface area contributed by atoms with E-state index in [2.05, 4.69) is 10.3 Å². The average molecular weight is 265 g/mol. The molecule has 0 atom stereocenters. The Kier molecular flexibility index (Phi) is 3.79. The van der Waals surface area contributed by atoms with Crippen molar-refractivity contribution < 1.29 is 23.2 Å². The maximum absolute atomic E-state index is 12.0. The number of carbonyl (C=O) groups is 1. The third-order valence-electron chi connectivity index (χ3n) is 1.94. The summed E-state index contributed by atoms with van der Waals surface area (Å²) in [6, 6.07) is 0. The standard InChI is InChI=1S/C8H10F3N5O2/c1-16-7(4(3-13-16)6(12)15-18)14-5(17)2-8(9,10)11/h3,18H,2H2,1H3,(H2,12,15)(H,14,17). The van der Waals surface area contributed by atoms with Gasteiger partial charge in [0, 0.05) is 7.05 Å². The number of aryl methyl sites for hydroxylation is 1. The molecule has 7 nitrogen and oxygen atoms in total. The summed E-state index contributed by atoms with van der Waals surface area (Å²) in [6.45, 7) is 0. The lowest BCUT2D eigenvalue weighted by atomic mass is 10.3. The van der Waals surface area contributed by atoms with Gasteiger partial charge in [-0.3, -0.25) is 9.48 Å². The Hall–Kier alpha value is -2.26. The second-order valence-corrected chi connectivity index (χ2v) is 3.36. The fourth-order valence-electron chi connectivity index (χ4n) is 1.19. The van der Waals surface area contributed by atoms with Crippen LogP contribution in [0.2, 0.25) is 0 Å². The first kappa shape index (κ1) is 13.8. The number of nitrogens with zero attached hydrogens (tertiary/aromatic N) is 3. The number of halogens is 3. The molecule has 4 N–H and O–H groups in total. The van der Waals surface area contributed by atoms with E-state index in [-0.39, 0.29) is 17.2 Å². The van der Waals surface area contributed by atoms with E-state index >= 15 is 0 Å². The highest BCUT2D eigenvalue weighted by Gasteiger charge is 2.31. The van der Waals surface area contributed by atoms with Crippen LogP contribution in [0.4, 0.5) is 19.0 Å². The third kappa shape index (κ3) is 3.37. The van der Waals surface area contributed by atoms with Crippen molar-refractivity contribution in [3.63, 3.8) is 0 Å². The highest BCUT2D eigenvalue weighted by atomic mass is 19.4. The number of aromatic nitrogens is 2. The normalized spacial score (nSPS) is 12.6. The molecule has 0 saturated heterocycles. The number of amides is 1. The molecule has 0 radical (unpaired) electrons. The molecule has 0 saturated carbocycles. The van der Waals surface area contributed by atoms with Crippen LogP contribution >= 0.6 is 0 Å². The number of hydrogen-bond donors (Lipinski definition) is 3. The van der Waals surface area contributed by atoms with E-state index in [0.717, 1.165) is 10.9 Å². The molecule has 0 fully saturated rings. The fraction of sp³-hybridized carbons (Fsp3) is 0.375. The Morgan fingerprint density at radius 2 is 2.28 bits per heavy atom. The van der Waals surface area contributed by atoms with Crippen LogP contribution in [0, 0.1) is 0 Å². The highest BCUT2D eigenvalue weighted by Crippen LogP contribution is 2.21. The molecule has 1 heterocycles. The van der Waals surface area contributed by atoms with Crippen molar-refractivity contribution in [1.82, 2.24) is 9.78 Å². The molecule has 0 aliphatic rings. The third-order valence-corrected chi connectivity index (χ3v) is 1.94. The molecule has 0 aliphatic carbocycles. The van der Waals surface area contributed by atoms with Crippen LogP contribution in [-0.4, -0.2) is 32.9 Å². The minimum atomic E-state index is -4.61. The largest absolute Gasteiger partial charge is 0.409 e. The summed E-state index contributed by atoms with van der Waals surface area (Å²) >= 11 is 0. The second-order valence-electron chi connectivity index (χ2n) is 3.36. The van der Waals surface area contributed by atoms with Crippen LogP contribution in [0.1, 0.15) is 12.0 Å². The lowest BCUT2D eigenvalue weighted by molar-refractivity contribution is -0.150. The van der Waals surface area contributed by atoms with Crippen molar-refractivity contribution in [2.75, 3.05) is 5.32 Å². The van der Waals surface area contributed by atoms with Crippen LogP contribution < -0.4 is 11.1 Å². The van der Waals surface area contributed by atoms with E-state index in [1.54, 1.807) is 0 Å². The zero-order valence-electron chi connectivity index (χ0n) is 9.19. The van der Waals surface area contributed by atoms with Crippen LogP contribution in [0.15, 0.2) is 11.4 Å². The summed E-state index contributed by atoms with van der Waals surface area (Å²) in [6.07, 6.45) is -5.09. The molecular weight excluding hydrogens is 255 g/mol. The summed E-state index contributed by atoms with van der Waals surface area (Å²) in [7, 11) is 1.39. The zero-order chi connectivity index (χ0) is 13.9. The molecule has 1 aromatic heterocycles. The molecule has 10 heteroatoms. The molecule has 1 amide bonds. The second kappa shape index (κ2) is 4.94. The van der Waals surface area contributed by atoms with Gasteiger partial charge >= 0.3 is 6.18 Å².